The lowest BCUT2D eigenvalue weighted by Gasteiger charge is -2.07. The van der Waals surface area contributed by atoms with Crippen molar-refractivity contribution >= 4 is 45.6 Å². The summed E-state index contributed by atoms with van der Waals surface area (Å²) in [5, 5.41) is 0.719. The molecule has 0 fully saturated rings. The summed E-state index contributed by atoms with van der Waals surface area (Å²) in [7, 11) is 0. The minimum absolute atomic E-state index is 0.383. The highest BCUT2D eigenvalue weighted by Gasteiger charge is 2.14. The molecule has 2 nitrogen and oxygen atoms in total. The molecule has 3 rings (SSSR count). The standard InChI is InChI=1S/C15H14Cl2N2S/c1-9-6-11(20-10(9)2)8-19-14(7-16)18-13-5-3-4-12(17)15(13)19/h3-6H,7-8H2,1-2H3. The number of fused-ring (bicyclic) bond motifs is 1. The maximum Gasteiger partial charge on any atom is 0.125 e. The van der Waals surface area contributed by atoms with Crippen molar-refractivity contribution in [1.82, 2.24) is 9.55 Å². The molecule has 0 saturated carbocycles. The molecule has 0 aliphatic rings. The van der Waals surface area contributed by atoms with Crippen LogP contribution in [0.3, 0.4) is 0 Å². The highest BCUT2D eigenvalue weighted by molar-refractivity contribution is 7.12. The second-order valence-corrected chi connectivity index (χ2v) is 6.82. The molecule has 0 unspecified atom stereocenters. The van der Waals surface area contributed by atoms with E-state index >= 15 is 0 Å². The second-order valence-electron chi connectivity index (χ2n) is 4.81. The van der Waals surface area contributed by atoms with Crippen LogP contribution in [-0.4, -0.2) is 9.55 Å². The van der Waals surface area contributed by atoms with E-state index in [1.807, 2.05) is 29.5 Å². The van der Waals surface area contributed by atoms with E-state index in [1.54, 1.807) is 0 Å². The van der Waals surface area contributed by atoms with E-state index in [2.05, 4.69) is 29.5 Å². The van der Waals surface area contributed by atoms with Gasteiger partial charge in [-0.2, -0.15) is 0 Å². The first-order valence-electron chi connectivity index (χ1n) is 6.35. The summed E-state index contributed by atoms with van der Waals surface area (Å²) in [4.78, 5) is 7.22. The van der Waals surface area contributed by atoms with Crippen LogP contribution in [0.25, 0.3) is 11.0 Å². The zero-order valence-corrected chi connectivity index (χ0v) is 13.6. The molecule has 104 valence electrons. The van der Waals surface area contributed by atoms with E-state index in [-0.39, 0.29) is 0 Å². The number of hydrogen-bond acceptors (Lipinski definition) is 2. The normalized spacial score (nSPS) is 11.4. The van der Waals surface area contributed by atoms with Crippen LogP contribution >= 0.6 is 34.5 Å². The van der Waals surface area contributed by atoms with E-state index in [4.69, 9.17) is 23.2 Å². The van der Waals surface area contributed by atoms with Gasteiger partial charge in [-0.1, -0.05) is 17.7 Å². The largest absolute Gasteiger partial charge is 0.320 e. The zero-order valence-electron chi connectivity index (χ0n) is 11.3. The lowest BCUT2D eigenvalue weighted by atomic mass is 10.3. The summed E-state index contributed by atoms with van der Waals surface area (Å²) in [5.41, 5.74) is 3.19. The molecular weight excluding hydrogens is 311 g/mol. The first kappa shape index (κ1) is 13.9. The summed E-state index contributed by atoms with van der Waals surface area (Å²) in [5.74, 6) is 1.24. The van der Waals surface area contributed by atoms with Crippen LogP contribution < -0.4 is 0 Å². The molecule has 0 aliphatic carbocycles. The van der Waals surface area contributed by atoms with Gasteiger partial charge < -0.3 is 4.57 Å². The number of nitrogens with zero attached hydrogens (tertiary/aromatic N) is 2. The molecule has 2 aromatic heterocycles. The molecule has 0 spiro atoms. The number of aryl methyl sites for hydroxylation is 2. The summed E-state index contributed by atoms with van der Waals surface area (Å²) >= 11 is 14.2. The van der Waals surface area contributed by atoms with Crippen LogP contribution in [0.5, 0.6) is 0 Å². The predicted octanol–water partition coefficient (Wildman–Crippen LogP) is 5.16. The number of halogens is 2. The van der Waals surface area contributed by atoms with Gasteiger partial charge in [0.25, 0.3) is 0 Å². The Balaban J connectivity index is 2.14. The van der Waals surface area contributed by atoms with Gasteiger partial charge in [-0.3, -0.25) is 0 Å². The molecule has 0 saturated heterocycles. The van der Waals surface area contributed by atoms with Gasteiger partial charge in [-0.25, -0.2) is 4.98 Å². The van der Waals surface area contributed by atoms with Crippen molar-refractivity contribution in [3.8, 4) is 0 Å². The van der Waals surface area contributed by atoms with E-state index in [9.17, 15) is 0 Å². The third-order valence-electron chi connectivity index (χ3n) is 3.45. The fraction of sp³-hybridized carbons (Fsp3) is 0.267. The molecule has 0 N–H and O–H groups in total. The van der Waals surface area contributed by atoms with Crippen molar-refractivity contribution < 1.29 is 0 Å². The van der Waals surface area contributed by atoms with E-state index in [0.29, 0.717) is 5.88 Å². The number of aromatic nitrogens is 2. The van der Waals surface area contributed by atoms with Gasteiger partial charge in [0.15, 0.2) is 0 Å². The SMILES string of the molecule is Cc1cc(Cn2c(CCl)nc3cccc(Cl)c32)sc1C. The molecule has 2 heterocycles. The van der Waals surface area contributed by atoms with Crippen LogP contribution in [0.15, 0.2) is 24.3 Å². The molecule has 0 amide bonds. The molecule has 3 aromatic rings. The van der Waals surface area contributed by atoms with Crippen LogP contribution in [0, 0.1) is 13.8 Å². The Hall–Kier alpha value is -1.03. The molecule has 20 heavy (non-hydrogen) atoms. The summed E-state index contributed by atoms with van der Waals surface area (Å²) in [6, 6.07) is 8.00. The van der Waals surface area contributed by atoms with Gasteiger partial charge in [0.1, 0.15) is 5.82 Å². The minimum Gasteiger partial charge on any atom is -0.320 e. The highest BCUT2D eigenvalue weighted by Crippen LogP contribution is 2.28. The lowest BCUT2D eigenvalue weighted by molar-refractivity contribution is 0.789. The minimum atomic E-state index is 0.383. The first-order valence-corrected chi connectivity index (χ1v) is 8.08. The maximum absolute atomic E-state index is 6.33. The second kappa shape index (κ2) is 5.40. The predicted molar refractivity (Wildman–Crippen MR) is 87.2 cm³/mol. The first-order chi connectivity index (χ1) is 9.60. The van der Waals surface area contributed by atoms with Crippen molar-refractivity contribution in [1.29, 1.82) is 0 Å². The van der Waals surface area contributed by atoms with Gasteiger partial charge in [-0.15, -0.1) is 22.9 Å². The topological polar surface area (TPSA) is 17.8 Å². The summed E-state index contributed by atoms with van der Waals surface area (Å²) < 4.78 is 2.12. The van der Waals surface area contributed by atoms with Crippen molar-refractivity contribution in [3.63, 3.8) is 0 Å². The molecule has 1 aromatic carbocycles. The van der Waals surface area contributed by atoms with E-state index in [0.717, 1.165) is 28.4 Å². The molecule has 0 bridgehead atoms. The van der Waals surface area contributed by atoms with Gasteiger partial charge >= 0.3 is 0 Å². The number of hydrogen-bond donors (Lipinski definition) is 0. The Morgan fingerprint density at radius 1 is 1.30 bits per heavy atom. The smallest absolute Gasteiger partial charge is 0.125 e. The molecule has 0 radical (unpaired) electrons. The number of imidazole rings is 1. The fourth-order valence-corrected chi connectivity index (χ4v) is 3.86. The lowest BCUT2D eigenvalue weighted by Crippen LogP contribution is -2.02. The Kier molecular flexibility index (Phi) is 3.76. The van der Waals surface area contributed by atoms with Gasteiger partial charge in [0.05, 0.1) is 28.5 Å². The maximum atomic E-state index is 6.33. The number of thiophene rings is 1. The third-order valence-corrected chi connectivity index (χ3v) is 5.13. The van der Waals surface area contributed by atoms with Crippen LogP contribution in [-0.2, 0) is 12.4 Å². The zero-order chi connectivity index (χ0) is 14.3. The van der Waals surface area contributed by atoms with Gasteiger partial charge in [0.2, 0.25) is 0 Å². The number of rotatable bonds is 3. The Morgan fingerprint density at radius 2 is 2.10 bits per heavy atom. The number of alkyl halides is 1. The van der Waals surface area contributed by atoms with Gasteiger partial charge in [-0.05, 0) is 37.6 Å². The van der Waals surface area contributed by atoms with Crippen molar-refractivity contribution in [3.05, 3.63) is 50.4 Å². The Morgan fingerprint density at radius 3 is 2.75 bits per heavy atom. The monoisotopic (exact) mass is 324 g/mol. The Bertz CT molecular complexity index is 754. The molecule has 0 atom stereocenters. The van der Waals surface area contributed by atoms with E-state index < -0.39 is 0 Å². The summed E-state index contributed by atoms with van der Waals surface area (Å²) in [6.45, 7) is 5.05. The van der Waals surface area contributed by atoms with Gasteiger partial charge in [0, 0.05) is 9.75 Å². The van der Waals surface area contributed by atoms with Crippen molar-refractivity contribution in [2.75, 3.05) is 0 Å². The number of para-hydroxylation sites is 1. The van der Waals surface area contributed by atoms with Crippen LogP contribution in [0.4, 0.5) is 0 Å². The third kappa shape index (κ3) is 2.34. The van der Waals surface area contributed by atoms with E-state index in [1.165, 1.54) is 15.3 Å². The molecule has 5 heteroatoms. The van der Waals surface area contributed by atoms with Crippen LogP contribution in [0.2, 0.25) is 5.02 Å². The average molecular weight is 325 g/mol. The highest BCUT2D eigenvalue weighted by atomic mass is 35.5. The van der Waals surface area contributed by atoms with Crippen molar-refractivity contribution in [2.24, 2.45) is 0 Å². The fourth-order valence-electron chi connectivity index (χ4n) is 2.35. The average Bonchev–Trinajstić information content (AvgIpc) is 2.92. The quantitative estimate of drug-likeness (QED) is 0.609. The molecular formula is C15H14Cl2N2S. The Labute approximate surface area is 132 Å². The molecule has 0 aliphatic heterocycles. The van der Waals surface area contributed by atoms with Crippen molar-refractivity contribution in [2.45, 2.75) is 26.3 Å². The summed E-state index contributed by atoms with van der Waals surface area (Å²) in [6.07, 6.45) is 0. The number of benzene rings is 1. The van der Waals surface area contributed by atoms with Crippen LogP contribution in [0.1, 0.15) is 21.1 Å².